The molecule has 1 amide bonds. The Balaban J connectivity index is 2.62. The van der Waals surface area contributed by atoms with E-state index in [0.29, 0.717) is 18.9 Å². The Morgan fingerprint density at radius 1 is 1.59 bits per heavy atom. The number of rotatable bonds is 5. The molecule has 0 atom stereocenters. The molecule has 4 nitrogen and oxygen atoms in total. The largest absolute Gasteiger partial charge is 0.381 e. The second-order valence-electron chi connectivity index (χ2n) is 3.30. The number of carbonyl (C=O) groups excluding carboxylic acids is 1. The van der Waals surface area contributed by atoms with Crippen LogP contribution >= 0.6 is 0 Å². The second-order valence-corrected chi connectivity index (χ2v) is 3.30. The third-order valence-corrected chi connectivity index (χ3v) is 2.05. The summed E-state index contributed by atoms with van der Waals surface area (Å²) in [6.07, 6.45) is 0.204. The fourth-order valence-corrected chi connectivity index (χ4v) is 1.24. The zero-order valence-electron chi connectivity index (χ0n) is 9.50. The van der Waals surface area contributed by atoms with Crippen molar-refractivity contribution in [1.82, 2.24) is 0 Å². The number of hydrogen-bond acceptors (Lipinski definition) is 3. The fourth-order valence-electron chi connectivity index (χ4n) is 1.24. The second kappa shape index (κ2) is 6.61. The summed E-state index contributed by atoms with van der Waals surface area (Å²) < 4.78 is 17.9. The van der Waals surface area contributed by atoms with Crippen molar-refractivity contribution < 1.29 is 13.9 Å². The lowest BCUT2D eigenvalue weighted by atomic mass is 10.2. The van der Waals surface area contributed by atoms with Gasteiger partial charge in [-0.15, -0.1) is 0 Å². The van der Waals surface area contributed by atoms with Crippen molar-refractivity contribution in [2.24, 2.45) is 0 Å². The van der Waals surface area contributed by atoms with Crippen LogP contribution in [-0.4, -0.2) is 19.1 Å². The highest BCUT2D eigenvalue weighted by molar-refractivity contribution is 5.92. The van der Waals surface area contributed by atoms with Gasteiger partial charge in [0.05, 0.1) is 24.3 Å². The molecular weight excluding hydrogens is 223 g/mol. The van der Waals surface area contributed by atoms with Gasteiger partial charge < -0.3 is 10.1 Å². The highest BCUT2D eigenvalue weighted by Gasteiger charge is 2.07. The van der Waals surface area contributed by atoms with E-state index in [1.54, 1.807) is 0 Å². The maximum absolute atomic E-state index is 12.8. The summed E-state index contributed by atoms with van der Waals surface area (Å²) in [5.41, 5.74) is 0.421. The van der Waals surface area contributed by atoms with Gasteiger partial charge >= 0.3 is 0 Å². The van der Waals surface area contributed by atoms with Gasteiger partial charge in [0.25, 0.3) is 0 Å². The van der Waals surface area contributed by atoms with Crippen LogP contribution in [-0.2, 0) is 9.53 Å². The van der Waals surface area contributed by atoms with Crippen molar-refractivity contribution in [3.05, 3.63) is 29.6 Å². The minimum Gasteiger partial charge on any atom is -0.381 e. The van der Waals surface area contributed by atoms with E-state index in [2.05, 4.69) is 5.32 Å². The van der Waals surface area contributed by atoms with E-state index in [9.17, 15) is 9.18 Å². The Kier molecular flexibility index (Phi) is 5.11. The number of carbonyl (C=O) groups is 1. The van der Waals surface area contributed by atoms with Gasteiger partial charge in [-0.05, 0) is 25.1 Å². The number of anilines is 1. The molecule has 1 N–H and O–H groups in total. The van der Waals surface area contributed by atoms with Crippen molar-refractivity contribution in [1.29, 1.82) is 5.26 Å². The maximum Gasteiger partial charge on any atom is 0.226 e. The monoisotopic (exact) mass is 236 g/mol. The molecule has 1 rings (SSSR count). The molecule has 0 fully saturated rings. The Morgan fingerprint density at radius 2 is 2.35 bits per heavy atom. The average molecular weight is 236 g/mol. The minimum absolute atomic E-state index is 0.106. The predicted octanol–water partition coefficient (Wildman–Crippen LogP) is 2.06. The number of halogens is 1. The zero-order valence-corrected chi connectivity index (χ0v) is 9.50. The highest BCUT2D eigenvalue weighted by Crippen LogP contribution is 2.16. The van der Waals surface area contributed by atoms with Crippen LogP contribution in [0.15, 0.2) is 18.2 Å². The van der Waals surface area contributed by atoms with E-state index in [1.807, 2.05) is 13.0 Å². The molecule has 5 heteroatoms. The van der Waals surface area contributed by atoms with Gasteiger partial charge in [-0.1, -0.05) is 0 Å². The van der Waals surface area contributed by atoms with Gasteiger partial charge in [-0.25, -0.2) is 4.39 Å². The van der Waals surface area contributed by atoms with Gasteiger partial charge in [0.2, 0.25) is 5.91 Å². The zero-order chi connectivity index (χ0) is 12.7. The minimum atomic E-state index is -0.506. The van der Waals surface area contributed by atoms with Crippen molar-refractivity contribution in [2.75, 3.05) is 18.5 Å². The number of ether oxygens (including phenoxy) is 1. The van der Waals surface area contributed by atoms with Crippen LogP contribution < -0.4 is 5.32 Å². The summed E-state index contributed by atoms with van der Waals surface area (Å²) in [6, 6.07) is 5.47. The normalized spacial score (nSPS) is 9.71. The van der Waals surface area contributed by atoms with Gasteiger partial charge in [0.1, 0.15) is 11.9 Å². The molecule has 0 radical (unpaired) electrons. The highest BCUT2D eigenvalue weighted by atomic mass is 19.1. The van der Waals surface area contributed by atoms with E-state index >= 15 is 0 Å². The van der Waals surface area contributed by atoms with Gasteiger partial charge in [0.15, 0.2) is 0 Å². The first-order chi connectivity index (χ1) is 8.17. The average Bonchev–Trinajstić information content (AvgIpc) is 2.32. The number of nitrogens with zero attached hydrogens (tertiary/aromatic N) is 1. The van der Waals surface area contributed by atoms with Crippen LogP contribution in [0.2, 0.25) is 0 Å². The molecule has 0 saturated heterocycles. The van der Waals surface area contributed by atoms with Crippen molar-refractivity contribution in [3.63, 3.8) is 0 Å². The van der Waals surface area contributed by atoms with E-state index in [4.69, 9.17) is 10.00 Å². The molecule has 0 aliphatic heterocycles. The Hall–Kier alpha value is -1.93. The summed E-state index contributed by atoms with van der Waals surface area (Å²) in [5.74, 6) is -0.768. The van der Waals surface area contributed by atoms with E-state index in [-0.39, 0.29) is 17.9 Å². The smallest absolute Gasteiger partial charge is 0.226 e. The molecule has 1 aromatic rings. The summed E-state index contributed by atoms with van der Waals surface area (Å²) in [7, 11) is 0. The first-order valence-electron chi connectivity index (χ1n) is 5.24. The number of benzene rings is 1. The third-order valence-electron chi connectivity index (χ3n) is 2.05. The Bertz CT molecular complexity index is 441. The molecule has 0 aliphatic rings. The third kappa shape index (κ3) is 4.21. The molecule has 90 valence electrons. The summed E-state index contributed by atoms with van der Waals surface area (Å²) >= 11 is 0. The molecule has 0 aromatic heterocycles. The molecule has 0 heterocycles. The van der Waals surface area contributed by atoms with Crippen LogP contribution in [0.25, 0.3) is 0 Å². The quantitative estimate of drug-likeness (QED) is 0.796. The molecule has 0 unspecified atom stereocenters. The molecular formula is C12H13FN2O2. The fraction of sp³-hybridized carbons (Fsp3) is 0.333. The summed E-state index contributed by atoms with van der Waals surface area (Å²) in [4.78, 5) is 11.4. The van der Waals surface area contributed by atoms with Crippen LogP contribution in [0.3, 0.4) is 0 Å². The van der Waals surface area contributed by atoms with Crippen molar-refractivity contribution in [3.8, 4) is 6.07 Å². The lowest BCUT2D eigenvalue weighted by Gasteiger charge is -2.06. The predicted molar refractivity (Wildman–Crippen MR) is 60.9 cm³/mol. The Morgan fingerprint density at radius 3 is 3.00 bits per heavy atom. The SMILES string of the molecule is CCOCCC(=O)Nc1ccc(F)cc1C#N. The number of nitriles is 1. The topological polar surface area (TPSA) is 62.1 Å². The van der Waals surface area contributed by atoms with Gasteiger partial charge in [-0.3, -0.25) is 4.79 Å². The lowest BCUT2D eigenvalue weighted by Crippen LogP contribution is -2.15. The number of hydrogen-bond donors (Lipinski definition) is 1. The van der Waals surface area contributed by atoms with Gasteiger partial charge in [0, 0.05) is 6.61 Å². The first-order valence-corrected chi connectivity index (χ1v) is 5.24. The van der Waals surface area contributed by atoms with Crippen molar-refractivity contribution >= 4 is 11.6 Å². The van der Waals surface area contributed by atoms with Crippen molar-refractivity contribution in [2.45, 2.75) is 13.3 Å². The summed E-state index contributed by atoms with van der Waals surface area (Å²) in [6.45, 7) is 2.71. The van der Waals surface area contributed by atoms with Crippen LogP contribution in [0.5, 0.6) is 0 Å². The number of amides is 1. The van der Waals surface area contributed by atoms with Crippen LogP contribution in [0.4, 0.5) is 10.1 Å². The summed E-state index contributed by atoms with van der Waals surface area (Å²) in [5, 5.41) is 11.3. The van der Waals surface area contributed by atoms with E-state index in [0.717, 1.165) is 6.07 Å². The van der Waals surface area contributed by atoms with Crippen LogP contribution in [0.1, 0.15) is 18.9 Å². The molecule has 17 heavy (non-hydrogen) atoms. The van der Waals surface area contributed by atoms with Crippen LogP contribution in [0, 0.1) is 17.1 Å². The molecule has 1 aromatic carbocycles. The Labute approximate surface area is 99.0 Å². The first kappa shape index (κ1) is 13.1. The van der Waals surface area contributed by atoms with E-state index < -0.39 is 5.82 Å². The molecule has 0 spiro atoms. The molecule has 0 aliphatic carbocycles. The van der Waals surface area contributed by atoms with E-state index in [1.165, 1.54) is 12.1 Å². The lowest BCUT2D eigenvalue weighted by molar-refractivity contribution is -0.117. The maximum atomic E-state index is 12.8. The molecule has 0 bridgehead atoms. The molecule has 0 saturated carbocycles. The standard InChI is InChI=1S/C12H13FN2O2/c1-2-17-6-5-12(16)15-11-4-3-10(13)7-9(11)8-14/h3-4,7H,2,5-6H2,1H3,(H,15,16). The number of nitrogens with one attached hydrogen (secondary N) is 1. The van der Waals surface area contributed by atoms with Gasteiger partial charge in [-0.2, -0.15) is 5.26 Å².